The van der Waals surface area contributed by atoms with E-state index >= 15 is 0 Å². The van der Waals surface area contributed by atoms with Crippen LogP contribution >= 0.6 is 23.4 Å². The van der Waals surface area contributed by atoms with Crippen LogP contribution < -0.4 is 10.1 Å². The highest BCUT2D eigenvalue weighted by Crippen LogP contribution is 2.20. The van der Waals surface area contributed by atoms with Crippen LogP contribution in [-0.2, 0) is 4.79 Å². The molecule has 2 aromatic carbocycles. The van der Waals surface area contributed by atoms with E-state index in [-0.39, 0.29) is 12.5 Å². The van der Waals surface area contributed by atoms with Crippen LogP contribution in [0.3, 0.4) is 0 Å². The fourth-order valence-corrected chi connectivity index (χ4v) is 2.84. The van der Waals surface area contributed by atoms with Crippen LogP contribution in [0.5, 0.6) is 5.75 Å². The second-order valence-corrected chi connectivity index (χ2v) is 6.81. The molecule has 23 heavy (non-hydrogen) atoms. The largest absolute Gasteiger partial charge is 0.483 e. The first-order valence-corrected chi connectivity index (χ1v) is 8.76. The molecular formula is C18H20ClNO2S. The van der Waals surface area contributed by atoms with Crippen LogP contribution in [-0.4, -0.2) is 24.8 Å². The predicted molar refractivity (Wildman–Crippen MR) is 96.6 cm³/mol. The number of amides is 1. The number of carbonyl (C=O) groups is 1. The quantitative estimate of drug-likeness (QED) is 0.600. The Bertz CT molecular complexity index is 659. The van der Waals surface area contributed by atoms with E-state index in [4.69, 9.17) is 16.3 Å². The average molecular weight is 350 g/mol. The maximum atomic E-state index is 11.8. The van der Waals surface area contributed by atoms with Crippen molar-refractivity contribution in [1.29, 1.82) is 0 Å². The Balaban J connectivity index is 1.67. The molecule has 0 saturated heterocycles. The number of aryl methyl sites for hydroxylation is 2. The number of rotatable bonds is 7. The van der Waals surface area contributed by atoms with Gasteiger partial charge in [-0.3, -0.25) is 4.79 Å². The van der Waals surface area contributed by atoms with Crippen molar-refractivity contribution < 1.29 is 9.53 Å². The van der Waals surface area contributed by atoms with Crippen LogP contribution in [0.15, 0.2) is 47.4 Å². The molecule has 0 atom stereocenters. The zero-order chi connectivity index (χ0) is 16.7. The van der Waals surface area contributed by atoms with E-state index in [0.29, 0.717) is 6.54 Å². The number of ether oxygens (including phenoxy) is 1. The van der Waals surface area contributed by atoms with Crippen molar-refractivity contribution in [3.63, 3.8) is 0 Å². The molecule has 0 fully saturated rings. The molecule has 0 saturated carbocycles. The number of hydrogen-bond donors (Lipinski definition) is 1. The highest BCUT2D eigenvalue weighted by atomic mass is 35.5. The minimum atomic E-state index is -0.109. The van der Waals surface area contributed by atoms with Gasteiger partial charge in [0.15, 0.2) is 6.61 Å². The summed E-state index contributed by atoms with van der Waals surface area (Å²) in [6.45, 7) is 4.61. The molecular weight excluding hydrogens is 330 g/mol. The third-order valence-corrected chi connectivity index (χ3v) is 4.47. The highest BCUT2D eigenvalue weighted by molar-refractivity contribution is 7.99. The average Bonchev–Trinajstić information content (AvgIpc) is 2.54. The molecule has 5 heteroatoms. The van der Waals surface area contributed by atoms with Gasteiger partial charge in [-0.05, 0) is 55.3 Å². The van der Waals surface area contributed by atoms with Crippen molar-refractivity contribution in [2.75, 3.05) is 18.9 Å². The summed E-state index contributed by atoms with van der Waals surface area (Å²) in [5, 5.41) is 3.59. The van der Waals surface area contributed by atoms with E-state index in [1.165, 1.54) is 0 Å². The minimum absolute atomic E-state index is 0.0376. The van der Waals surface area contributed by atoms with Gasteiger partial charge in [0.25, 0.3) is 5.91 Å². The van der Waals surface area contributed by atoms with Gasteiger partial charge in [0.2, 0.25) is 0 Å². The maximum absolute atomic E-state index is 11.8. The maximum Gasteiger partial charge on any atom is 0.257 e. The number of benzene rings is 2. The summed E-state index contributed by atoms with van der Waals surface area (Å²) in [6, 6.07) is 13.6. The van der Waals surface area contributed by atoms with Gasteiger partial charge in [0, 0.05) is 22.2 Å². The van der Waals surface area contributed by atoms with Gasteiger partial charge >= 0.3 is 0 Å². The van der Waals surface area contributed by atoms with Crippen LogP contribution in [0, 0.1) is 13.8 Å². The summed E-state index contributed by atoms with van der Waals surface area (Å²) >= 11 is 7.52. The Morgan fingerprint density at radius 3 is 2.65 bits per heavy atom. The lowest BCUT2D eigenvalue weighted by atomic mass is 10.1. The Labute approximate surface area is 146 Å². The summed E-state index contributed by atoms with van der Waals surface area (Å²) in [5.74, 6) is 1.45. The fraction of sp³-hybridized carbons (Fsp3) is 0.278. The van der Waals surface area contributed by atoms with Gasteiger partial charge in [-0.1, -0.05) is 23.7 Å². The standard InChI is InChI=1S/C18H20ClNO2S/c1-13-3-4-14(2)17(11-13)22-12-18(21)20-9-10-23-16-7-5-15(19)6-8-16/h3-8,11H,9-10,12H2,1-2H3,(H,20,21). The summed E-state index contributed by atoms with van der Waals surface area (Å²) < 4.78 is 5.57. The molecule has 0 radical (unpaired) electrons. The smallest absolute Gasteiger partial charge is 0.257 e. The van der Waals surface area contributed by atoms with Gasteiger partial charge in [0.05, 0.1) is 0 Å². The SMILES string of the molecule is Cc1ccc(C)c(OCC(=O)NCCSc2ccc(Cl)cc2)c1. The number of hydrogen-bond acceptors (Lipinski definition) is 3. The molecule has 1 N–H and O–H groups in total. The topological polar surface area (TPSA) is 38.3 Å². The fourth-order valence-electron chi connectivity index (χ4n) is 1.95. The predicted octanol–water partition coefficient (Wildman–Crippen LogP) is 4.24. The normalized spacial score (nSPS) is 10.4. The first-order chi connectivity index (χ1) is 11.0. The first-order valence-electron chi connectivity index (χ1n) is 7.40. The van der Waals surface area contributed by atoms with Crippen molar-refractivity contribution in [2.45, 2.75) is 18.7 Å². The van der Waals surface area contributed by atoms with Crippen molar-refractivity contribution in [1.82, 2.24) is 5.32 Å². The van der Waals surface area contributed by atoms with Crippen molar-refractivity contribution >= 4 is 29.3 Å². The van der Waals surface area contributed by atoms with Crippen molar-refractivity contribution in [2.24, 2.45) is 0 Å². The first kappa shape index (κ1) is 17.7. The number of thioether (sulfide) groups is 1. The van der Waals surface area contributed by atoms with E-state index in [1.54, 1.807) is 11.8 Å². The molecule has 1 amide bonds. The zero-order valence-corrected chi connectivity index (χ0v) is 14.8. The summed E-state index contributed by atoms with van der Waals surface area (Å²) in [7, 11) is 0. The highest BCUT2D eigenvalue weighted by Gasteiger charge is 2.05. The Morgan fingerprint density at radius 2 is 1.91 bits per heavy atom. The van der Waals surface area contributed by atoms with E-state index < -0.39 is 0 Å². The van der Waals surface area contributed by atoms with E-state index in [9.17, 15) is 4.79 Å². The second kappa shape index (κ2) is 8.85. The third-order valence-electron chi connectivity index (χ3n) is 3.21. The Morgan fingerprint density at radius 1 is 1.17 bits per heavy atom. The summed E-state index contributed by atoms with van der Waals surface area (Å²) in [6.07, 6.45) is 0. The van der Waals surface area contributed by atoms with E-state index in [1.807, 2.05) is 56.3 Å². The molecule has 0 aliphatic carbocycles. The van der Waals surface area contributed by atoms with E-state index in [0.717, 1.165) is 32.5 Å². The minimum Gasteiger partial charge on any atom is -0.483 e. The molecule has 0 unspecified atom stereocenters. The molecule has 0 aliphatic rings. The number of nitrogens with one attached hydrogen (secondary N) is 1. The van der Waals surface area contributed by atoms with Crippen LogP contribution in [0.25, 0.3) is 0 Å². The molecule has 0 bridgehead atoms. The van der Waals surface area contributed by atoms with E-state index in [2.05, 4.69) is 5.32 Å². The molecule has 0 aliphatic heterocycles. The molecule has 2 aromatic rings. The summed E-state index contributed by atoms with van der Waals surface area (Å²) in [4.78, 5) is 12.9. The van der Waals surface area contributed by atoms with Gasteiger partial charge in [0.1, 0.15) is 5.75 Å². The Hall–Kier alpha value is -1.65. The van der Waals surface area contributed by atoms with Crippen LogP contribution in [0.2, 0.25) is 5.02 Å². The number of halogens is 1. The molecule has 122 valence electrons. The zero-order valence-electron chi connectivity index (χ0n) is 13.3. The molecule has 0 spiro atoms. The number of carbonyl (C=O) groups excluding carboxylic acids is 1. The second-order valence-electron chi connectivity index (χ2n) is 5.21. The lowest BCUT2D eigenvalue weighted by Gasteiger charge is -2.10. The third kappa shape index (κ3) is 6.16. The summed E-state index contributed by atoms with van der Waals surface area (Å²) in [5.41, 5.74) is 2.15. The van der Waals surface area contributed by atoms with Crippen molar-refractivity contribution in [3.05, 3.63) is 58.6 Å². The Kier molecular flexibility index (Phi) is 6.81. The monoisotopic (exact) mass is 349 g/mol. The van der Waals surface area contributed by atoms with Crippen LogP contribution in [0.4, 0.5) is 0 Å². The van der Waals surface area contributed by atoms with Gasteiger partial charge < -0.3 is 10.1 Å². The lowest BCUT2D eigenvalue weighted by molar-refractivity contribution is -0.122. The van der Waals surface area contributed by atoms with Gasteiger partial charge in [-0.25, -0.2) is 0 Å². The van der Waals surface area contributed by atoms with Crippen LogP contribution in [0.1, 0.15) is 11.1 Å². The molecule has 0 heterocycles. The van der Waals surface area contributed by atoms with Gasteiger partial charge in [-0.15, -0.1) is 11.8 Å². The molecule has 0 aromatic heterocycles. The van der Waals surface area contributed by atoms with Gasteiger partial charge in [-0.2, -0.15) is 0 Å². The molecule has 3 nitrogen and oxygen atoms in total. The van der Waals surface area contributed by atoms with Crippen molar-refractivity contribution in [3.8, 4) is 5.75 Å². The lowest BCUT2D eigenvalue weighted by Crippen LogP contribution is -2.30. The molecule has 2 rings (SSSR count).